The van der Waals surface area contributed by atoms with Gasteiger partial charge in [0.1, 0.15) is 11.4 Å². The van der Waals surface area contributed by atoms with Crippen LogP contribution >= 0.6 is 15.9 Å². The lowest BCUT2D eigenvalue weighted by molar-refractivity contribution is 0.0774. The van der Waals surface area contributed by atoms with Crippen molar-refractivity contribution in [3.05, 3.63) is 76.4 Å². The summed E-state index contributed by atoms with van der Waals surface area (Å²) in [6, 6.07) is 16.5. The molecule has 0 unspecified atom stereocenters. The summed E-state index contributed by atoms with van der Waals surface area (Å²) < 4.78 is 2.38. The van der Waals surface area contributed by atoms with Gasteiger partial charge in [-0.1, -0.05) is 40.2 Å². The number of rotatable bonds is 6. The number of anilines is 1. The smallest absolute Gasteiger partial charge is 0.259 e. The van der Waals surface area contributed by atoms with Gasteiger partial charge in [-0.3, -0.25) is 9.59 Å². The number of nitrogens with one attached hydrogen (secondary N) is 1. The molecule has 7 heteroatoms. The first-order valence-electron chi connectivity index (χ1n) is 9.04. The molecule has 0 atom stereocenters. The number of halogens is 1. The Morgan fingerprint density at radius 2 is 1.79 bits per heavy atom. The second-order valence-electron chi connectivity index (χ2n) is 6.10. The van der Waals surface area contributed by atoms with Crippen molar-refractivity contribution in [1.82, 2.24) is 14.7 Å². The van der Waals surface area contributed by atoms with Crippen LogP contribution in [0, 0.1) is 0 Å². The fourth-order valence-electron chi connectivity index (χ4n) is 2.88. The van der Waals surface area contributed by atoms with E-state index in [4.69, 9.17) is 0 Å². The number of hydrogen-bond acceptors (Lipinski definition) is 3. The number of nitrogens with zero attached hydrogens (tertiary/aromatic N) is 3. The van der Waals surface area contributed by atoms with Crippen molar-refractivity contribution in [2.75, 3.05) is 18.4 Å². The number of para-hydroxylation sites is 1. The minimum Gasteiger partial charge on any atom is -0.339 e. The zero-order chi connectivity index (χ0) is 20.1. The van der Waals surface area contributed by atoms with E-state index < -0.39 is 0 Å². The van der Waals surface area contributed by atoms with Crippen LogP contribution in [0.3, 0.4) is 0 Å². The quantitative estimate of drug-likeness (QED) is 0.618. The molecule has 0 spiro atoms. The van der Waals surface area contributed by atoms with E-state index in [1.165, 1.54) is 6.20 Å². The molecule has 28 heavy (non-hydrogen) atoms. The highest BCUT2D eigenvalue weighted by molar-refractivity contribution is 9.10. The van der Waals surface area contributed by atoms with E-state index in [1.807, 2.05) is 50.2 Å². The fraction of sp³-hybridized carbons (Fsp3) is 0.190. The van der Waals surface area contributed by atoms with E-state index in [1.54, 1.807) is 27.8 Å². The van der Waals surface area contributed by atoms with Gasteiger partial charge in [0.05, 0.1) is 11.9 Å². The number of hydrogen-bond donors (Lipinski definition) is 1. The van der Waals surface area contributed by atoms with Gasteiger partial charge >= 0.3 is 0 Å². The van der Waals surface area contributed by atoms with Crippen LogP contribution < -0.4 is 5.32 Å². The maximum absolute atomic E-state index is 13.0. The van der Waals surface area contributed by atoms with Gasteiger partial charge < -0.3 is 10.2 Å². The summed E-state index contributed by atoms with van der Waals surface area (Å²) in [6.07, 6.45) is 1.50. The van der Waals surface area contributed by atoms with Gasteiger partial charge in [0.15, 0.2) is 0 Å². The molecule has 0 radical (unpaired) electrons. The molecule has 0 saturated carbocycles. The summed E-state index contributed by atoms with van der Waals surface area (Å²) in [7, 11) is 0. The minimum absolute atomic E-state index is 0.170. The molecule has 144 valence electrons. The standard InChI is InChI=1S/C21H21BrN4O2/c1-3-25(4-2)21(28)18-14-23-26(17-11-6-5-7-12-17)19(18)24-20(27)15-9-8-10-16(22)13-15/h5-14H,3-4H2,1-2H3,(H,24,27). The van der Waals surface area contributed by atoms with Gasteiger partial charge in [0.25, 0.3) is 11.8 Å². The minimum atomic E-state index is -0.312. The maximum atomic E-state index is 13.0. The van der Waals surface area contributed by atoms with Gasteiger partial charge in [-0.15, -0.1) is 0 Å². The van der Waals surface area contributed by atoms with Crippen LogP contribution in [-0.2, 0) is 0 Å². The first-order valence-corrected chi connectivity index (χ1v) is 9.84. The molecule has 3 aromatic rings. The van der Waals surface area contributed by atoms with E-state index in [2.05, 4.69) is 26.3 Å². The first kappa shape index (κ1) is 19.8. The van der Waals surface area contributed by atoms with E-state index in [0.29, 0.717) is 30.0 Å². The first-order chi connectivity index (χ1) is 13.5. The van der Waals surface area contributed by atoms with E-state index >= 15 is 0 Å². The van der Waals surface area contributed by atoms with Crippen LogP contribution in [0.2, 0.25) is 0 Å². The van der Waals surface area contributed by atoms with Crippen LogP contribution in [0.4, 0.5) is 5.82 Å². The van der Waals surface area contributed by atoms with Gasteiger partial charge in [-0.05, 0) is 44.2 Å². The van der Waals surface area contributed by atoms with Crippen molar-refractivity contribution in [2.45, 2.75) is 13.8 Å². The average molecular weight is 441 g/mol. The van der Waals surface area contributed by atoms with Crippen LogP contribution in [0.25, 0.3) is 5.69 Å². The summed E-state index contributed by atoms with van der Waals surface area (Å²) >= 11 is 3.38. The zero-order valence-electron chi connectivity index (χ0n) is 15.7. The predicted molar refractivity (Wildman–Crippen MR) is 113 cm³/mol. The van der Waals surface area contributed by atoms with Gasteiger partial charge in [0.2, 0.25) is 0 Å². The highest BCUT2D eigenvalue weighted by Crippen LogP contribution is 2.23. The maximum Gasteiger partial charge on any atom is 0.259 e. The molecular formula is C21H21BrN4O2. The van der Waals surface area contributed by atoms with E-state index in [-0.39, 0.29) is 11.8 Å². The molecule has 0 fully saturated rings. The molecule has 0 aliphatic carbocycles. The number of benzene rings is 2. The Morgan fingerprint density at radius 1 is 1.07 bits per heavy atom. The van der Waals surface area contributed by atoms with Crippen molar-refractivity contribution >= 4 is 33.6 Å². The van der Waals surface area contributed by atoms with Gasteiger partial charge in [-0.2, -0.15) is 5.10 Å². The third-order valence-corrected chi connectivity index (χ3v) is 4.86. The van der Waals surface area contributed by atoms with E-state index in [0.717, 1.165) is 10.2 Å². The molecule has 0 bridgehead atoms. The molecule has 1 N–H and O–H groups in total. The van der Waals surface area contributed by atoms with Crippen LogP contribution in [-0.4, -0.2) is 39.6 Å². The largest absolute Gasteiger partial charge is 0.339 e. The fourth-order valence-corrected chi connectivity index (χ4v) is 3.28. The molecule has 1 aromatic heterocycles. The highest BCUT2D eigenvalue weighted by atomic mass is 79.9. The third-order valence-electron chi connectivity index (χ3n) is 4.37. The Hall–Kier alpha value is -2.93. The molecule has 2 amide bonds. The predicted octanol–water partition coefficient (Wildman–Crippen LogP) is 4.37. The Morgan fingerprint density at radius 3 is 2.43 bits per heavy atom. The zero-order valence-corrected chi connectivity index (χ0v) is 17.3. The van der Waals surface area contributed by atoms with Crippen LogP contribution in [0.5, 0.6) is 0 Å². The highest BCUT2D eigenvalue weighted by Gasteiger charge is 2.23. The molecule has 0 aliphatic rings. The second-order valence-corrected chi connectivity index (χ2v) is 7.01. The lowest BCUT2D eigenvalue weighted by Crippen LogP contribution is -2.31. The second kappa shape index (κ2) is 8.84. The Bertz CT molecular complexity index is 981. The van der Waals surface area contributed by atoms with Crippen molar-refractivity contribution in [1.29, 1.82) is 0 Å². The van der Waals surface area contributed by atoms with Crippen LogP contribution in [0.15, 0.2) is 65.3 Å². The Labute approximate surface area is 172 Å². The lowest BCUT2D eigenvalue weighted by Gasteiger charge is -2.19. The molecule has 3 rings (SSSR count). The summed E-state index contributed by atoms with van der Waals surface area (Å²) in [5.74, 6) is -0.127. The monoisotopic (exact) mass is 440 g/mol. The third kappa shape index (κ3) is 4.14. The lowest BCUT2D eigenvalue weighted by atomic mass is 10.2. The Balaban J connectivity index is 2.04. The van der Waals surface area contributed by atoms with Crippen molar-refractivity contribution in [3.8, 4) is 5.69 Å². The van der Waals surface area contributed by atoms with Crippen molar-refractivity contribution in [2.24, 2.45) is 0 Å². The van der Waals surface area contributed by atoms with Crippen LogP contribution in [0.1, 0.15) is 34.6 Å². The molecule has 0 saturated heterocycles. The van der Waals surface area contributed by atoms with E-state index in [9.17, 15) is 9.59 Å². The average Bonchev–Trinajstić information content (AvgIpc) is 3.13. The molecule has 0 aliphatic heterocycles. The number of carbonyl (C=O) groups excluding carboxylic acids is 2. The summed E-state index contributed by atoms with van der Waals surface area (Å²) in [5.41, 5.74) is 1.60. The molecule has 2 aromatic carbocycles. The molecule has 1 heterocycles. The number of amides is 2. The topological polar surface area (TPSA) is 67.2 Å². The SMILES string of the molecule is CCN(CC)C(=O)c1cnn(-c2ccccc2)c1NC(=O)c1cccc(Br)c1. The molecule has 6 nitrogen and oxygen atoms in total. The Kier molecular flexibility index (Phi) is 6.26. The normalized spacial score (nSPS) is 10.5. The summed E-state index contributed by atoms with van der Waals surface area (Å²) in [5, 5.41) is 7.25. The summed E-state index contributed by atoms with van der Waals surface area (Å²) in [4.78, 5) is 27.5. The number of carbonyl (C=O) groups is 2. The van der Waals surface area contributed by atoms with Gasteiger partial charge in [-0.25, -0.2) is 4.68 Å². The summed E-state index contributed by atoms with van der Waals surface area (Å²) in [6.45, 7) is 4.99. The van der Waals surface area contributed by atoms with Crippen molar-refractivity contribution < 1.29 is 9.59 Å². The van der Waals surface area contributed by atoms with Crippen molar-refractivity contribution in [3.63, 3.8) is 0 Å². The number of aromatic nitrogens is 2. The molecular weight excluding hydrogens is 420 g/mol. The van der Waals surface area contributed by atoms with Gasteiger partial charge in [0, 0.05) is 23.1 Å².